The van der Waals surface area contributed by atoms with Crippen LogP contribution < -0.4 is 4.90 Å². The first-order valence-electron chi connectivity index (χ1n) is 5.64. The highest BCUT2D eigenvalue weighted by atomic mass is 35.5. The lowest BCUT2D eigenvalue weighted by Crippen LogP contribution is -2.37. The molecule has 1 saturated heterocycles. The second kappa shape index (κ2) is 4.97. The van der Waals surface area contributed by atoms with Crippen LogP contribution in [0.5, 0.6) is 0 Å². The van der Waals surface area contributed by atoms with Gasteiger partial charge in [-0.2, -0.15) is 0 Å². The van der Waals surface area contributed by atoms with Gasteiger partial charge in [0.25, 0.3) is 0 Å². The molecule has 88 valence electrons. The normalized spacial score (nSPS) is 17.8. The summed E-state index contributed by atoms with van der Waals surface area (Å²) in [7, 11) is 0. The zero-order valence-electron chi connectivity index (χ0n) is 9.36. The van der Waals surface area contributed by atoms with E-state index in [4.69, 9.17) is 11.6 Å². The molecule has 1 aliphatic heterocycles. The summed E-state index contributed by atoms with van der Waals surface area (Å²) in [5.41, 5.74) is 1.00. The van der Waals surface area contributed by atoms with Crippen molar-refractivity contribution < 1.29 is 5.11 Å². The van der Waals surface area contributed by atoms with Gasteiger partial charge in [0.1, 0.15) is 17.3 Å². The maximum Gasteiger partial charge on any atom is 0.137 e. The van der Waals surface area contributed by atoms with Crippen molar-refractivity contribution in [1.29, 1.82) is 0 Å². The van der Waals surface area contributed by atoms with Crippen molar-refractivity contribution in [3.8, 4) is 0 Å². The van der Waals surface area contributed by atoms with E-state index in [0.717, 1.165) is 43.7 Å². The first kappa shape index (κ1) is 11.6. The fourth-order valence-electron chi connectivity index (χ4n) is 2.04. The summed E-state index contributed by atoms with van der Waals surface area (Å²) in [6.45, 7) is 3.72. The molecule has 5 heteroatoms. The van der Waals surface area contributed by atoms with Gasteiger partial charge in [-0.05, 0) is 19.3 Å². The molecule has 1 N–H and O–H groups in total. The van der Waals surface area contributed by atoms with Crippen molar-refractivity contribution in [3.63, 3.8) is 0 Å². The lowest BCUT2D eigenvalue weighted by Gasteiger charge is -2.31. The van der Waals surface area contributed by atoms with Crippen molar-refractivity contribution in [3.05, 3.63) is 17.0 Å². The number of hydrogen-bond donors (Lipinski definition) is 1. The molecule has 1 aromatic heterocycles. The van der Waals surface area contributed by atoms with E-state index >= 15 is 0 Å². The minimum atomic E-state index is -0.168. The first-order chi connectivity index (χ1) is 7.72. The number of piperidine rings is 1. The fraction of sp³-hybridized carbons (Fsp3) is 0.636. The Hall–Kier alpha value is -0.870. The number of aromatic nitrogens is 2. The lowest BCUT2D eigenvalue weighted by molar-refractivity contribution is 0.145. The van der Waals surface area contributed by atoms with Crippen molar-refractivity contribution in [2.45, 2.75) is 32.3 Å². The van der Waals surface area contributed by atoms with Gasteiger partial charge in [0.15, 0.2) is 0 Å². The molecule has 0 aromatic carbocycles. The van der Waals surface area contributed by atoms with E-state index in [0.29, 0.717) is 5.15 Å². The third kappa shape index (κ3) is 2.28. The predicted octanol–water partition coefficient (Wildman–Crippen LogP) is 1.65. The van der Waals surface area contributed by atoms with E-state index in [2.05, 4.69) is 14.9 Å². The number of aliphatic hydroxyl groups excluding tert-OH is 1. The van der Waals surface area contributed by atoms with Gasteiger partial charge in [-0.1, -0.05) is 18.5 Å². The van der Waals surface area contributed by atoms with Crippen LogP contribution in [-0.4, -0.2) is 34.3 Å². The summed E-state index contributed by atoms with van der Waals surface area (Å²) in [5, 5.41) is 10.0. The molecule has 4 nitrogen and oxygen atoms in total. The Balaban J connectivity index is 2.23. The zero-order valence-corrected chi connectivity index (χ0v) is 10.1. The molecular weight excluding hydrogens is 226 g/mol. The first-order valence-corrected chi connectivity index (χ1v) is 6.02. The van der Waals surface area contributed by atoms with E-state index in [-0.39, 0.29) is 6.10 Å². The number of hydrogen-bond acceptors (Lipinski definition) is 4. The van der Waals surface area contributed by atoms with E-state index in [9.17, 15) is 5.11 Å². The van der Waals surface area contributed by atoms with Gasteiger partial charge in [0.2, 0.25) is 0 Å². The quantitative estimate of drug-likeness (QED) is 0.800. The molecule has 0 radical (unpaired) electrons. The summed E-state index contributed by atoms with van der Waals surface area (Å²) in [4.78, 5) is 10.5. The Labute approximate surface area is 100 Å². The minimum absolute atomic E-state index is 0.168. The molecule has 1 fully saturated rings. The van der Waals surface area contributed by atoms with Crippen LogP contribution in [-0.2, 0) is 6.42 Å². The molecule has 0 bridgehead atoms. The third-order valence-electron chi connectivity index (χ3n) is 2.99. The zero-order chi connectivity index (χ0) is 11.5. The minimum Gasteiger partial charge on any atom is -0.393 e. The second-order valence-corrected chi connectivity index (χ2v) is 4.40. The highest BCUT2D eigenvalue weighted by molar-refractivity contribution is 6.30. The smallest absolute Gasteiger partial charge is 0.137 e. The maximum absolute atomic E-state index is 9.47. The summed E-state index contributed by atoms with van der Waals surface area (Å²) in [6.07, 6.45) is 3.75. The van der Waals surface area contributed by atoms with Gasteiger partial charge in [-0.15, -0.1) is 0 Å². The lowest BCUT2D eigenvalue weighted by atomic mass is 10.1. The molecule has 0 atom stereocenters. The van der Waals surface area contributed by atoms with E-state index in [1.807, 2.05) is 6.92 Å². The van der Waals surface area contributed by atoms with E-state index in [1.165, 1.54) is 6.33 Å². The average Bonchev–Trinajstić information content (AvgIpc) is 2.30. The van der Waals surface area contributed by atoms with Crippen LogP contribution in [0.25, 0.3) is 0 Å². The Bertz CT molecular complexity index is 364. The van der Waals surface area contributed by atoms with E-state index < -0.39 is 0 Å². The highest BCUT2D eigenvalue weighted by Gasteiger charge is 2.21. The predicted molar refractivity (Wildman–Crippen MR) is 63.9 cm³/mol. The van der Waals surface area contributed by atoms with Crippen molar-refractivity contribution in [2.24, 2.45) is 0 Å². The Morgan fingerprint density at radius 1 is 1.44 bits per heavy atom. The molecule has 2 heterocycles. The summed E-state index contributed by atoms with van der Waals surface area (Å²) < 4.78 is 0. The number of anilines is 1. The van der Waals surface area contributed by atoms with Crippen LogP contribution >= 0.6 is 11.6 Å². The van der Waals surface area contributed by atoms with Crippen LogP contribution in [0.4, 0.5) is 5.82 Å². The SMILES string of the molecule is CCc1c(Cl)ncnc1N1CCC(O)CC1. The van der Waals surface area contributed by atoms with Crippen molar-refractivity contribution >= 4 is 17.4 Å². The Morgan fingerprint density at radius 2 is 2.12 bits per heavy atom. The van der Waals surface area contributed by atoms with Crippen LogP contribution in [0, 0.1) is 0 Å². The van der Waals surface area contributed by atoms with Gasteiger partial charge in [0.05, 0.1) is 6.10 Å². The summed E-state index contributed by atoms with van der Waals surface area (Å²) in [6, 6.07) is 0. The van der Waals surface area contributed by atoms with Crippen molar-refractivity contribution in [2.75, 3.05) is 18.0 Å². The molecular formula is C11H16ClN3O. The number of nitrogens with zero attached hydrogens (tertiary/aromatic N) is 3. The molecule has 16 heavy (non-hydrogen) atoms. The van der Waals surface area contributed by atoms with Crippen molar-refractivity contribution in [1.82, 2.24) is 9.97 Å². The molecule has 2 rings (SSSR count). The molecule has 0 amide bonds. The second-order valence-electron chi connectivity index (χ2n) is 4.04. The third-order valence-corrected chi connectivity index (χ3v) is 3.31. The van der Waals surface area contributed by atoms with Crippen LogP contribution in [0.1, 0.15) is 25.3 Å². The Kier molecular flexibility index (Phi) is 3.61. The fourth-order valence-corrected chi connectivity index (χ4v) is 2.30. The van der Waals surface area contributed by atoms with Gasteiger partial charge in [0, 0.05) is 18.7 Å². The van der Waals surface area contributed by atoms with Crippen LogP contribution in [0.2, 0.25) is 5.15 Å². The monoisotopic (exact) mass is 241 g/mol. The highest BCUT2D eigenvalue weighted by Crippen LogP contribution is 2.26. The maximum atomic E-state index is 9.47. The molecule has 1 aromatic rings. The summed E-state index contributed by atoms with van der Waals surface area (Å²) in [5.74, 6) is 0.925. The van der Waals surface area contributed by atoms with Gasteiger partial charge in [-0.3, -0.25) is 0 Å². The molecule has 0 saturated carbocycles. The summed E-state index contributed by atoms with van der Waals surface area (Å²) >= 11 is 6.05. The van der Waals surface area contributed by atoms with Gasteiger partial charge < -0.3 is 10.0 Å². The van der Waals surface area contributed by atoms with Crippen LogP contribution in [0.15, 0.2) is 6.33 Å². The average molecular weight is 242 g/mol. The molecule has 0 aliphatic carbocycles. The van der Waals surface area contributed by atoms with E-state index in [1.54, 1.807) is 0 Å². The van der Waals surface area contributed by atoms with Gasteiger partial charge >= 0.3 is 0 Å². The Morgan fingerprint density at radius 3 is 2.75 bits per heavy atom. The number of aliphatic hydroxyl groups is 1. The molecule has 1 aliphatic rings. The number of rotatable bonds is 2. The van der Waals surface area contributed by atoms with Crippen LogP contribution in [0.3, 0.4) is 0 Å². The van der Waals surface area contributed by atoms with Gasteiger partial charge in [-0.25, -0.2) is 9.97 Å². The largest absolute Gasteiger partial charge is 0.393 e. The topological polar surface area (TPSA) is 49.2 Å². The number of halogens is 1. The standard InChI is InChI=1S/C11H16ClN3O/c1-2-9-10(12)13-7-14-11(9)15-5-3-8(16)4-6-15/h7-8,16H,2-6H2,1H3. The molecule has 0 spiro atoms. The molecule has 0 unspecified atom stereocenters.